The number of unbranched alkanes of at least 4 members (excludes halogenated alkanes) is 1. The van der Waals surface area contributed by atoms with E-state index in [9.17, 15) is 14.7 Å². The van der Waals surface area contributed by atoms with E-state index in [1.165, 1.54) is 4.90 Å². The summed E-state index contributed by atoms with van der Waals surface area (Å²) >= 11 is 0. The highest BCUT2D eigenvalue weighted by Gasteiger charge is 2.21. The lowest BCUT2D eigenvalue weighted by Crippen LogP contribution is -2.47. The number of nitrogens with zero attached hydrogens (tertiary/aromatic N) is 1. The predicted molar refractivity (Wildman–Crippen MR) is 77.6 cm³/mol. The summed E-state index contributed by atoms with van der Waals surface area (Å²) in [6, 6.07) is 8.02. The number of amides is 2. The van der Waals surface area contributed by atoms with Crippen LogP contribution in [0, 0.1) is 0 Å². The van der Waals surface area contributed by atoms with Crippen LogP contribution in [0.25, 0.3) is 0 Å². The molecular weight excluding hydrogens is 256 g/mol. The highest BCUT2D eigenvalue weighted by molar-refractivity contribution is 5.82. The molecule has 1 atom stereocenters. The van der Waals surface area contributed by atoms with Crippen LogP contribution in [0.3, 0.4) is 0 Å². The van der Waals surface area contributed by atoms with Gasteiger partial charge in [0.2, 0.25) is 0 Å². The van der Waals surface area contributed by atoms with E-state index in [0.29, 0.717) is 6.54 Å². The van der Waals surface area contributed by atoms with Crippen LogP contribution in [0.1, 0.15) is 25.3 Å². The molecule has 0 aromatic heterocycles. The van der Waals surface area contributed by atoms with E-state index in [1.54, 1.807) is 7.05 Å². The normalized spacial score (nSPS) is 11.7. The Morgan fingerprint density at radius 3 is 2.50 bits per heavy atom. The SMILES string of the molecule is CCCCN(C)C(=O)N[C@H](Cc1ccccc1)C(=O)O. The Morgan fingerprint density at radius 2 is 1.95 bits per heavy atom. The Hall–Kier alpha value is -2.04. The highest BCUT2D eigenvalue weighted by Crippen LogP contribution is 2.04. The average Bonchev–Trinajstić information content (AvgIpc) is 2.44. The number of carbonyl (C=O) groups is 2. The molecular formula is C15H22N2O3. The van der Waals surface area contributed by atoms with Crippen LogP contribution < -0.4 is 5.32 Å². The monoisotopic (exact) mass is 278 g/mol. The van der Waals surface area contributed by atoms with Crippen LogP contribution in [-0.2, 0) is 11.2 Å². The Labute approximate surface area is 119 Å². The lowest BCUT2D eigenvalue weighted by atomic mass is 10.1. The summed E-state index contributed by atoms with van der Waals surface area (Å²) in [5.74, 6) is -1.02. The van der Waals surface area contributed by atoms with E-state index in [0.717, 1.165) is 18.4 Å². The quantitative estimate of drug-likeness (QED) is 0.802. The van der Waals surface area contributed by atoms with Gasteiger partial charge in [-0.3, -0.25) is 0 Å². The summed E-state index contributed by atoms with van der Waals surface area (Å²) in [6.45, 7) is 2.67. The maximum Gasteiger partial charge on any atom is 0.326 e. The second-order valence-corrected chi connectivity index (χ2v) is 4.81. The third-order valence-electron chi connectivity index (χ3n) is 3.07. The van der Waals surface area contributed by atoms with Crippen LogP contribution in [0.4, 0.5) is 4.79 Å². The third-order valence-corrected chi connectivity index (χ3v) is 3.07. The number of hydrogen-bond acceptors (Lipinski definition) is 2. The highest BCUT2D eigenvalue weighted by atomic mass is 16.4. The molecule has 110 valence electrons. The lowest BCUT2D eigenvalue weighted by Gasteiger charge is -2.21. The zero-order valence-electron chi connectivity index (χ0n) is 12.0. The van der Waals surface area contributed by atoms with Crippen molar-refractivity contribution < 1.29 is 14.7 Å². The number of benzene rings is 1. The summed E-state index contributed by atoms with van der Waals surface area (Å²) in [7, 11) is 1.67. The molecule has 0 aliphatic heterocycles. The Bertz CT molecular complexity index is 434. The maximum absolute atomic E-state index is 11.9. The van der Waals surface area contributed by atoms with Gasteiger partial charge in [-0.2, -0.15) is 0 Å². The molecule has 1 aromatic rings. The van der Waals surface area contributed by atoms with Gasteiger partial charge in [0.25, 0.3) is 0 Å². The van der Waals surface area contributed by atoms with Crippen LogP contribution in [0.15, 0.2) is 30.3 Å². The maximum atomic E-state index is 11.9. The van der Waals surface area contributed by atoms with Crippen molar-refractivity contribution in [2.24, 2.45) is 0 Å². The molecule has 2 N–H and O–H groups in total. The summed E-state index contributed by atoms with van der Waals surface area (Å²) in [6.07, 6.45) is 2.17. The molecule has 20 heavy (non-hydrogen) atoms. The van der Waals surface area contributed by atoms with E-state index in [1.807, 2.05) is 37.3 Å². The van der Waals surface area contributed by atoms with Crippen molar-refractivity contribution in [1.29, 1.82) is 0 Å². The summed E-state index contributed by atoms with van der Waals surface area (Å²) < 4.78 is 0. The second kappa shape index (κ2) is 8.19. The fourth-order valence-corrected chi connectivity index (χ4v) is 1.81. The van der Waals surface area contributed by atoms with Gasteiger partial charge in [-0.25, -0.2) is 9.59 Å². The van der Waals surface area contributed by atoms with Crippen molar-refractivity contribution in [2.75, 3.05) is 13.6 Å². The number of carboxylic acid groups (broad SMARTS) is 1. The van der Waals surface area contributed by atoms with E-state index in [4.69, 9.17) is 0 Å². The van der Waals surface area contributed by atoms with E-state index in [-0.39, 0.29) is 12.5 Å². The molecule has 1 rings (SSSR count). The first-order chi connectivity index (χ1) is 9.54. The lowest BCUT2D eigenvalue weighted by molar-refractivity contribution is -0.139. The van der Waals surface area contributed by atoms with E-state index >= 15 is 0 Å². The number of hydrogen-bond donors (Lipinski definition) is 2. The largest absolute Gasteiger partial charge is 0.480 e. The minimum Gasteiger partial charge on any atom is -0.480 e. The summed E-state index contributed by atoms with van der Waals surface area (Å²) in [5.41, 5.74) is 0.886. The topological polar surface area (TPSA) is 69.6 Å². The van der Waals surface area contributed by atoms with Gasteiger partial charge in [-0.05, 0) is 12.0 Å². The molecule has 2 amide bonds. The molecule has 0 radical (unpaired) electrons. The van der Waals surface area contributed by atoms with Gasteiger partial charge in [0.1, 0.15) is 6.04 Å². The average molecular weight is 278 g/mol. The van der Waals surface area contributed by atoms with Crippen LogP contribution in [-0.4, -0.2) is 41.6 Å². The second-order valence-electron chi connectivity index (χ2n) is 4.81. The molecule has 0 aliphatic carbocycles. The zero-order chi connectivity index (χ0) is 15.0. The van der Waals surface area contributed by atoms with Gasteiger partial charge in [0.15, 0.2) is 0 Å². The molecule has 0 saturated carbocycles. The molecule has 0 spiro atoms. The molecule has 0 heterocycles. The Kier molecular flexibility index (Phi) is 6.56. The molecule has 0 fully saturated rings. The third kappa shape index (κ3) is 5.30. The van der Waals surface area contributed by atoms with Crippen molar-refractivity contribution in [3.63, 3.8) is 0 Å². The number of rotatable bonds is 7. The van der Waals surface area contributed by atoms with Gasteiger partial charge in [-0.1, -0.05) is 43.7 Å². The molecule has 5 heteroatoms. The first-order valence-electron chi connectivity index (χ1n) is 6.83. The van der Waals surface area contributed by atoms with Crippen molar-refractivity contribution >= 4 is 12.0 Å². The molecule has 5 nitrogen and oxygen atoms in total. The smallest absolute Gasteiger partial charge is 0.326 e. The first kappa shape index (κ1) is 16.0. The van der Waals surface area contributed by atoms with Crippen LogP contribution >= 0.6 is 0 Å². The molecule has 0 saturated heterocycles. The zero-order valence-corrected chi connectivity index (χ0v) is 12.0. The van der Waals surface area contributed by atoms with Crippen molar-refractivity contribution in [3.8, 4) is 0 Å². The fourth-order valence-electron chi connectivity index (χ4n) is 1.81. The number of urea groups is 1. The number of carboxylic acids is 1. The number of aliphatic carboxylic acids is 1. The van der Waals surface area contributed by atoms with Gasteiger partial charge < -0.3 is 15.3 Å². The summed E-state index contributed by atoms with van der Waals surface area (Å²) in [5, 5.41) is 11.8. The van der Waals surface area contributed by atoms with Gasteiger partial charge in [-0.15, -0.1) is 0 Å². The van der Waals surface area contributed by atoms with E-state index in [2.05, 4.69) is 5.32 Å². The van der Waals surface area contributed by atoms with Gasteiger partial charge in [0, 0.05) is 20.0 Å². The number of carbonyl (C=O) groups excluding carboxylic acids is 1. The fraction of sp³-hybridized carbons (Fsp3) is 0.467. The van der Waals surface area contributed by atoms with Crippen molar-refractivity contribution in [3.05, 3.63) is 35.9 Å². The van der Waals surface area contributed by atoms with Gasteiger partial charge in [0.05, 0.1) is 0 Å². The molecule has 1 aromatic carbocycles. The van der Waals surface area contributed by atoms with Gasteiger partial charge >= 0.3 is 12.0 Å². The predicted octanol–water partition coefficient (Wildman–Crippen LogP) is 2.12. The van der Waals surface area contributed by atoms with Crippen LogP contribution in [0.5, 0.6) is 0 Å². The molecule has 0 unspecified atom stereocenters. The molecule has 0 bridgehead atoms. The number of nitrogens with one attached hydrogen (secondary N) is 1. The van der Waals surface area contributed by atoms with Crippen LogP contribution in [0.2, 0.25) is 0 Å². The first-order valence-corrected chi connectivity index (χ1v) is 6.83. The minimum absolute atomic E-state index is 0.281. The Morgan fingerprint density at radius 1 is 1.30 bits per heavy atom. The minimum atomic E-state index is -1.02. The standard InChI is InChI=1S/C15H22N2O3/c1-3-4-10-17(2)15(20)16-13(14(18)19)11-12-8-6-5-7-9-12/h5-9,13H,3-4,10-11H2,1-2H3,(H,16,20)(H,18,19)/t13-/m1/s1. The van der Waals surface area contributed by atoms with Crippen molar-refractivity contribution in [1.82, 2.24) is 10.2 Å². The Balaban J connectivity index is 2.59. The van der Waals surface area contributed by atoms with Crippen molar-refractivity contribution in [2.45, 2.75) is 32.2 Å². The van der Waals surface area contributed by atoms with E-state index < -0.39 is 12.0 Å². The summed E-state index contributed by atoms with van der Waals surface area (Å²) in [4.78, 5) is 24.7. The molecule has 0 aliphatic rings.